The summed E-state index contributed by atoms with van der Waals surface area (Å²) in [6, 6.07) is 12.7. The Morgan fingerprint density at radius 3 is 2.28 bits per heavy atom. The van der Waals surface area contributed by atoms with Gasteiger partial charge in [0.25, 0.3) is 0 Å². The average Bonchev–Trinajstić information content (AvgIpc) is 2.94. The Morgan fingerprint density at radius 2 is 1.62 bits per heavy atom. The molecule has 0 atom stereocenters. The Morgan fingerprint density at radius 1 is 0.931 bits per heavy atom. The molecule has 0 aliphatic heterocycles. The number of aliphatic hydroxyl groups is 1. The predicted molar refractivity (Wildman–Crippen MR) is 104 cm³/mol. The molecule has 0 fully saturated rings. The molecule has 0 unspecified atom stereocenters. The largest absolute Gasteiger partial charge is 0.573 e. The lowest BCUT2D eigenvalue weighted by Crippen LogP contribution is -2.37. The van der Waals surface area contributed by atoms with Gasteiger partial charge in [0, 0.05) is 17.9 Å². The second kappa shape index (κ2) is 7.30. The van der Waals surface area contributed by atoms with Crippen LogP contribution in [-0.2, 0) is 0 Å². The third kappa shape index (κ3) is 5.67. The van der Waals surface area contributed by atoms with Crippen LogP contribution in [0.15, 0.2) is 52.9 Å². The summed E-state index contributed by atoms with van der Waals surface area (Å²) in [6.07, 6.45) is -4.39. The normalized spacial score (nSPS) is 13.0. The van der Waals surface area contributed by atoms with E-state index in [4.69, 9.17) is 9.15 Å². The van der Waals surface area contributed by atoms with Crippen molar-refractivity contribution in [3.05, 3.63) is 48.5 Å². The highest BCUT2D eigenvalue weighted by Crippen LogP contribution is 2.38. The lowest BCUT2D eigenvalue weighted by molar-refractivity contribution is -0.274. The van der Waals surface area contributed by atoms with Gasteiger partial charge in [-0.1, -0.05) is 12.1 Å². The van der Waals surface area contributed by atoms with E-state index in [-0.39, 0.29) is 17.1 Å². The fourth-order valence-corrected chi connectivity index (χ4v) is 3.49. The highest BCUT2D eigenvalue weighted by Gasteiger charge is 2.32. The smallest absolute Gasteiger partial charge is 0.488 e. The van der Waals surface area contributed by atoms with Crippen molar-refractivity contribution in [2.75, 3.05) is 0 Å². The Bertz CT molecular complexity index is 997. The molecular weight excluding hydrogens is 385 g/mol. The van der Waals surface area contributed by atoms with Gasteiger partial charge in [0.05, 0.1) is 11.2 Å². The summed E-state index contributed by atoms with van der Waals surface area (Å²) in [5.74, 6) is 0.460. The van der Waals surface area contributed by atoms with E-state index in [2.05, 4.69) is 4.74 Å². The van der Waals surface area contributed by atoms with E-state index in [1.165, 1.54) is 18.2 Å². The van der Waals surface area contributed by atoms with Crippen LogP contribution in [0.2, 0.25) is 0 Å². The zero-order valence-corrected chi connectivity index (χ0v) is 16.6. The fourth-order valence-electron chi connectivity index (χ4n) is 3.49. The minimum Gasteiger partial charge on any atom is -0.488 e. The van der Waals surface area contributed by atoms with Crippen molar-refractivity contribution in [3.8, 4) is 22.8 Å². The van der Waals surface area contributed by atoms with E-state index in [1.807, 2.05) is 13.8 Å². The Labute approximate surface area is 166 Å². The number of halogens is 3. The van der Waals surface area contributed by atoms with Crippen molar-refractivity contribution in [1.82, 2.24) is 0 Å². The summed E-state index contributed by atoms with van der Waals surface area (Å²) in [6.45, 7) is 7.15. The number of hydrogen-bond acceptors (Lipinski definition) is 4. The second-order valence-electron chi connectivity index (χ2n) is 8.21. The van der Waals surface area contributed by atoms with E-state index in [1.54, 1.807) is 44.2 Å². The molecule has 0 amide bonds. The summed E-state index contributed by atoms with van der Waals surface area (Å²) in [5, 5.41) is 10.8. The molecule has 0 spiro atoms. The maximum atomic E-state index is 12.7. The SMILES string of the molecule is CC(C)(O)CC(C)(C)Oc1ccc2cc(-c3ccccc3OC(F)(F)F)oc2c1. The van der Waals surface area contributed by atoms with Gasteiger partial charge in [-0.15, -0.1) is 13.2 Å². The van der Waals surface area contributed by atoms with Crippen molar-refractivity contribution in [1.29, 1.82) is 0 Å². The van der Waals surface area contributed by atoms with Crippen LogP contribution in [0.5, 0.6) is 11.5 Å². The number of rotatable bonds is 6. The van der Waals surface area contributed by atoms with Gasteiger partial charge in [-0.3, -0.25) is 0 Å². The van der Waals surface area contributed by atoms with Crippen LogP contribution in [0.25, 0.3) is 22.3 Å². The van der Waals surface area contributed by atoms with E-state index >= 15 is 0 Å². The molecule has 0 saturated heterocycles. The van der Waals surface area contributed by atoms with Crippen molar-refractivity contribution in [2.45, 2.75) is 51.7 Å². The molecule has 1 aromatic heterocycles. The molecule has 3 aromatic rings. The molecular formula is C22H23F3O4. The average molecular weight is 408 g/mol. The zero-order chi connectivity index (χ0) is 21.4. The summed E-state index contributed by atoms with van der Waals surface area (Å²) in [5.41, 5.74) is -0.855. The first kappa shape index (κ1) is 21.0. The van der Waals surface area contributed by atoms with E-state index in [0.29, 0.717) is 17.8 Å². The van der Waals surface area contributed by atoms with Gasteiger partial charge in [-0.05, 0) is 58.0 Å². The molecule has 3 rings (SSSR count). The van der Waals surface area contributed by atoms with Gasteiger partial charge in [-0.2, -0.15) is 0 Å². The molecule has 0 bridgehead atoms. The molecule has 1 N–H and O–H groups in total. The molecule has 1 heterocycles. The van der Waals surface area contributed by atoms with Gasteiger partial charge >= 0.3 is 6.36 Å². The highest BCUT2D eigenvalue weighted by atomic mass is 19.4. The first-order chi connectivity index (χ1) is 13.3. The monoisotopic (exact) mass is 408 g/mol. The Balaban J connectivity index is 1.91. The van der Waals surface area contributed by atoms with Gasteiger partial charge < -0.3 is 19.0 Å². The second-order valence-corrected chi connectivity index (χ2v) is 8.21. The molecule has 7 heteroatoms. The lowest BCUT2D eigenvalue weighted by atomic mass is 9.92. The van der Waals surface area contributed by atoms with Crippen molar-refractivity contribution in [2.24, 2.45) is 0 Å². The minimum absolute atomic E-state index is 0.200. The standard InChI is InChI=1S/C22H23F3O4/c1-20(2,26)13-21(3,4)28-15-10-9-14-11-19(27-18(14)12-15)16-7-5-6-8-17(16)29-22(23,24)25/h5-12,26H,13H2,1-4H3. The van der Waals surface area contributed by atoms with Crippen molar-refractivity contribution < 1.29 is 32.2 Å². The van der Waals surface area contributed by atoms with Crippen molar-refractivity contribution in [3.63, 3.8) is 0 Å². The number of hydrogen-bond donors (Lipinski definition) is 1. The third-order valence-electron chi connectivity index (χ3n) is 4.12. The summed E-state index contributed by atoms with van der Waals surface area (Å²) >= 11 is 0. The molecule has 2 aromatic carbocycles. The summed E-state index contributed by atoms with van der Waals surface area (Å²) < 4.78 is 53.9. The summed E-state index contributed by atoms with van der Waals surface area (Å²) in [4.78, 5) is 0. The van der Waals surface area contributed by atoms with E-state index in [0.717, 1.165) is 5.39 Å². The molecule has 0 saturated carbocycles. The number of benzene rings is 2. The number of ether oxygens (including phenoxy) is 2. The van der Waals surface area contributed by atoms with Crippen LogP contribution >= 0.6 is 0 Å². The maximum absolute atomic E-state index is 12.7. The molecule has 29 heavy (non-hydrogen) atoms. The lowest BCUT2D eigenvalue weighted by Gasteiger charge is -2.32. The van der Waals surface area contributed by atoms with E-state index in [9.17, 15) is 18.3 Å². The van der Waals surface area contributed by atoms with Crippen LogP contribution in [0.3, 0.4) is 0 Å². The van der Waals surface area contributed by atoms with Gasteiger partial charge in [0.1, 0.15) is 28.4 Å². The van der Waals surface area contributed by atoms with E-state index < -0.39 is 17.6 Å². The van der Waals surface area contributed by atoms with Crippen molar-refractivity contribution >= 4 is 11.0 Å². The molecule has 0 aliphatic carbocycles. The third-order valence-corrected chi connectivity index (χ3v) is 4.12. The highest BCUT2D eigenvalue weighted by molar-refractivity contribution is 5.85. The topological polar surface area (TPSA) is 51.8 Å². The number of alkyl halides is 3. The molecule has 4 nitrogen and oxygen atoms in total. The molecule has 0 radical (unpaired) electrons. The predicted octanol–water partition coefficient (Wildman–Crippen LogP) is 6.32. The summed E-state index contributed by atoms with van der Waals surface area (Å²) in [7, 11) is 0. The Hall–Kier alpha value is -2.67. The first-order valence-electron chi connectivity index (χ1n) is 9.12. The maximum Gasteiger partial charge on any atom is 0.573 e. The minimum atomic E-state index is -4.80. The number of para-hydroxylation sites is 1. The molecule has 0 aliphatic rings. The quantitative estimate of drug-likeness (QED) is 0.519. The number of fused-ring (bicyclic) bond motifs is 1. The fraction of sp³-hybridized carbons (Fsp3) is 0.364. The Kier molecular flexibility index (Phi) is 5.30. The van der Waals surface area contributed by atoms with Gasteiger partial charge in [-0.25, -0.2) is 0 Å². The number of furan rings is 1. The van der Waals surface area contributed by atoms with Gasteiger partial charge in [0.15, 0.2) is 0 Å². The zero-order valence-electron chi connectivity index (χ0n) is 16.6. The van der Waals surface area contributed by atoms with Crippen LogP contribution in [0.1, 0.15) is 34.1 Å². The molecule has 156 valence electrons. The van der Waals surface area contributed by atoms with Crippen LogP contribution in [0.4, 0.5) is 13.2 Å². The van der Waals surface area contributed by atoms with Crippen LogP contribution < -0.4 is 9.47 Å². The van der Waals surface area contributed by atoms with Gasteiger partial charge in [0.2, 0.25) is 0 Å². The first-order valence-corrected chi connectivity index (χ1v) is 9.12. The van der Waals surface area contributed by atoms with Crippen LogP contribution in [-0.4, -0.2) is 22.7 Å². The van der Waals surface area contributed by atoms with Crippen LogP contribution in [0, 0.1) is 0 Å².